The van der Waals surface area contributed by atoms with Crippen molar-refractivity contribution in [2.24, 2.45) is 0 Å². The quantitative estimate of drug-likeness (QED) is 0.334. The molecular formula is C26H17ClN4O2. The maximum atomic E-state index is 12.5. The third-order valence-electron chi connectivity index (χ3n) is 4.94. The van der Waals surface area contributed by atoms with Gasteiger partial charge < -0.3 is 10.1 Å². The van der Waals surface area contributed by atoms with Crippen molar-refractivity contribution in [2.45, 2.75) is 0 Å². The number of carbonyl (C=O) groups excluding carboxylic acids is 1. The summed E-state index contributed by atoms with van der Waals surface area (Å²) in [6.45, 7) is 0. The first-order valence-corrected chi connectivity index (χ1v) is 10.6. The van der Waals surface area contributed by atoms with Gasteiger partial charge in [-0.25, -0.2) is 4.98 Å². The van der Waals surface area contributed by atoms with Gasteiger partial charge in [-0.05, 0) is 72.8 Å². The van der Waals surface area contributed by atoms with Crippen LogP contribution < -0.4 is 10.1 Å². The van der Waals surface area contributed by atoms with Crippen LogP contribution >= 0.6 is 11.6 Å². The molecule has 0 aliphatic rings. The Balaban J connectivity index is 1.40. The second-order valence-electron chi connectivity index (χ2n) is 7.19. The molecule has 160 valence electrons. The van der Waals surface area contributed by atoms with E-state index in [1.165, 1.54) is 0 Å². The van der Waals surface area contributed by atoms with Crippen molar-refractivity contribution < 1.29 is 9.53 Å². The molecule has 5 aromatic rings. The van der Waals surface area contributed by atoms with Gasteiger partial charge in [0.25, 0.3) is 5.91 Å². The van der Waals surface area contributed by atoms with E-state index in [9.17, 15) is 4.79 Å². The second kappa shape index (κ2) is 9.06. The van der Waals surface area contributed by atoms with Gasteiger partial charge in [0.2, 0.25) is 5.88 Å². The zero-order chi connectivity index (χ0) is 22.6. The predicted octanol–water partition coefficient (Wildman–Crippen LogP) is 6.39. The molecule has 0 fully saturated rings. The van der Waals surface area contributed by atoms with Crippen LogP contribution in [0, 0.1) is 0 Å². The van der Waals surface area contributed by atoms with E-state index in [1.807, 2.05) is 36.4 Å². The van der Waals surface area contributed by atoms with Crippen LogP contribution in [0.5, 0.6) is 11.6 Å². The Labute approximate surface area is 194 Å². The first-order chi connectivity index (χ1) is 16.2. The van der Waals surface area contributed by atoms with Crippen molar-refractivity contribution in [3.05, 3.63) is 108 Å². The lowest BCUT2D eigenvalue weighted by Crippen LogP contribution is -2.11. The number of benzene rings is 3. The molecule has 0 radical (unpaired) electrons. The van der Waals surface area contributed by atoms with Crippen molar-refractivity contribution in [3.8, 4) is 23.0 Å². The van der Waals surface area contributed by atoms with E-state index in [-0.39, 0.29) is 5.91 Å². The predicted molar refractivity (Wildman–Crippen MR) is 129 cm³/mol. The Morgan fingerprint density at radius 1 is 0.818 bits per heavy atom. The molecule has 2 heterocycles. The molecule has 0 atom stereocenters. The fourth-order valence-corrected chi connectivity index (χ4v) is 3.40. The number of hydrogen-bond acceptors (Lipinski definition) is 5. The average molecular weight is 453 g/mol. The molecule has 6 nitrogen and oxygen atoms in total. The monoisotopic (exact) mass is 452 g/mol. The SMILES string of the molecule is O=C(Nc1ccc(Cl)cc1)c1ccc(Oc2nc(-c3ccncc3)nc3ccccc23)cc1. The standard InChI is InChI=1S/C26H17ClN4O2/c27-19-7-9-20(10-8-19)29-25(32)18-5-11-21(12-6-18)33-26-22-3-1-2-4-23(22)30-24(31-26)17-13-15-28-16-14-17/h1-16H,(H,29,32). The first kappa shape index (κ1) is 20.6. The largest absolute Gasteiger partial charge is 0.438 e. The molecule has 0 unspecified atom stereocenters. The number of aromatic nitrogens is 3. The van der Waals surface area contributed by atoms with Gasteiger partial charge in [-0.15, -0.1) is 0 Å². The molecule has 1 N–H and O–H groups in total. The molecule has 0 saturated carbocycles. The summed E-state index contributed by atoms with van der Waals surface area (Å²) in [5.41, 5.74) is 2.78. The molecule has 1 amide bonds. The normalized spacial score (nSPS) is 10.7. The lowest BCUT2D eigenvalue weighted by molar-refractivity contribution is 0.102. The van der Waals surface area contributed by atoms with Gasteiger partial charge >= 0.3 is 0 Å². The molecule has 0 bridgehead atoms. The average Bonchev–Trinajstić information content (AvgIpc) is 2.86. The van der Waals surface area contributed by atoms with Crippen LogP contribution in [-0.4, -0.2) is 20.9 Å². The number of anilines is 1. The summed E-state index contributed by atoms with van der Waals surface area (Å²) in [5, 5.41) is 4.24. The van der Waals surface area contributed by atoms with Gasteiger partial charge in [0.1, 0.15) is 5.75 Å². The van der Waals surface area contributed by atoms with Crippen molar-refractivity contribution >= 4 is 34.1 Å². The minimum absolute atomic E-state index is 0.226. The van der Waals surface area contributed by atoms with Crippen LogP contribution in [0.15, 0.2) is 97.3 Å². The molecular weight excluding hydrogens is 436 g/mol. The minimum atomic E-state index is -0.226. The van der Waals surface area contributed by atoms with E-state index in [0.717, 1.165) is 16.5 Å². The smallest absolute Gasteiger partial charge is 0.255 e. The number of amides is 1. The number of carbonyl (C=O) groups is 1. The molecule has 5 rings (SSSR count). The topological polar surface area (TPSA) is 77.0 Å². The number of nitrogens with one attached hydrogen (secondary N) is 1. The highest BCUT2D eigenvalue weighted by molar-refractivity contribution is 6.30. The Morgan fingerprint density at radius 3 is 2.30 bits per heavy atom. The number of halogens is 1. The Hall–Kier alpha value is -4.29. The summed E-state index contributed by atoms with van der Waals surface area (Å²) in [6.07, 6.45) is 3.39. The molecule has 0 spiro atoms. The van der Waals surface area contributed by atoms with Gasteiger partial charge in [-0.3, -0.25) is 9.78 Å². The summed E-state index contributed by atoms with van der Waals surface area (Å²) in [6, 6.07) is 25.2. The molecule has 33 heavy (non-hydrogen) atoms. The fraction of sp³-hybridized carbons (Fsp3) is 0. The third-order valence-corrected chi connectivity index (χ3v) is 5.19. The lowest BCUT2D eigenvalue weighted by atomic mass is 10.2. The third kappa shape index (κ3) is 4.66. The highest BCUT2D eigenvalue weighted by Crippen LogP contribution is 2.30. The van der Waals surface area contributed by atoms with E-state index in [4.69, 9.17) is 16.3 Å². The second-order valence-corrected chi connectivity index (χ2v) is 7.63. The van der Waals surface area contributed by atoms with Gasteiger partial charge in [-0.2, -0.15) is 4.98 Å². The molecule has 0 saturated heterocycles. The van der Waals surface area contributed by atoms with Crippen molar-refractivity contribution in [2.75, 3.05) is 5.32 Å². The summed E-state index contributed by atoms with van der Waals surface area (Å²) in [5.74, 6) is 1.31. The van der Waals surface area contributed by atoms with Crippen molar-refractivity contribution in [3.63, 3.8) is 0 Å². The number of hydrogen-bond donors (Lipinski definition) is 1. The Morgan fingerprint density at radius 2 is 1.55 bits per heavy atom. The first-order valence-electron chi connectivity index (χ1n) is 10.2. The van der Waals surface area contributed by atoms with Crippen LogP contribution in [0.4, 0.5) is 5.69 Å². The number of pyridine rings is 1. The Bertz CT molecular complexity index is 1420. The number of rotatable bonds is 5. The van der Waals surface area contributed by atoms with Crippen LogP contribution in [0.3, 0.4) is 0 Å². The summed E-state index contributed by atoms with van der Waals surface area (Å²) in [4.78, 5) is 25.9. The zero-order valence-corrected chi connectivity index (χ0v) is 18.0. The number of fused-ring (bicyclic) bond motifs is 1. The summed E-state index contributed by atoms with van der Waals surface area (Å²) >= 11 is 5.89. The van der Waals surface area contributed by atoms with Gasteiger partial charge in [0.05, 0.1) is 10.9 Å². The minimum Gasteiger partial charge on any atom is -0.438 e. The molecule has 2 aromatic heterocycles. The maximum Gasteiger partial charge on any atom is 0.255 e. The van der Waals surface area contributed by atoms with Gasteiger partial charge in [0, 0.05) is 34.2 Å². The van der Waals surface area contributed by atoms with E-state index >= 15 is 0 Å². The summed E-state index contributed by atoms with van der Waals surface area (Å²) < 4.78 is 6.11. The van der Waals surface area contributed by atoms with Crippen LogP contribution in [0.1, 0.15) is 10.4 Å². The molecule has 7 heteroatoms. The van der Waals surface area contributed by atoms with E-state index in [1.54, 1.807) is 60.9 Å². The zero-order valence-electron chi connectivity index (χ0n) is 17.3. The van der Waals surface area contributed by atoms with Gasteiger partial charge in [-0.1, -0.05) is 23.7 Å². The van der Waals surface area contributed by atoms with Crippen molar-refractivity contribution in [1.82, 2.24) is 15.0 Å². The fourth-order valence-electron chi connectivity index (χ4n) is 3.28. The van der Waals surface area contributed by atoms with Crippen LogP contribution in [-0.2, 0) is 0 Å². The number of ether oxygens (including phenoxy) is 1. The van der Waals surface area contributed by atoms with Gasteiger partial charge in [0.15, 0.2) is 5.82 Å². The van der Waals surface area contributed by atoms with E-state index in [2.05, 4.69) is 20.3 Å². The van der Waals surface area contributed by atoms with Crippen molar-refractivity contribution in [1.29, 1.82) is 0 Å². The lowest BCUT2D eigenvalue weighted by Gasteiger charge is -2.11. The molecule has 0 aliphatic heterocycles. The highest BCUT2D eigenvalue weighted by Gasteiger charge is 2.12. The number of nitrogens with zero attached hydrogens (tertiary/aromatic N) is 3. The molecule has 3 aromatic carbocycles. The highest BCUT2D eigenvalue weighted by atomic mass is 35.5. The summed E-state index contributed by atoms with van der Waals surface area (Å²) in [7, 11) is 0. The molecule has 0 aliphatic carbocycles. The number of para-hydroxylation sites is 1. The Kier molecular flexibility index (Phi) is 5.66. The van der Waals surface area contributed by atoms with Crippen LogP contribution in [0.2, 0.25) is 5.02 Å². The van der Waals surface area contributed by atoms with E-state index < -0.39 is 0 Å². The maximum absolute atomic E-state index is 12.5. The van der Waals surface area contributed by atoms with E-state index in [0.29, 0.717) is 33.7 Å². The van der Waals surface area contributed by atoms with Crippen LogP contribution in [0.25, 0.3) is 22.3 Å².